The molecule has 7 heteroatoms. The molecule has 0 spiro atoms. The summed E-state index contributed by atoms with van der Waals surface area (Å²) in [5.41, 5.74) is 5.85. The van der Waals surface area contributed by atoms with Gasteiger partial charge in [0.15, 0.2) is 0 Å². The molecule has 0 aromatic carbocycles. The van der Waals surface area contributed by atoms with E-state index in [1.807, 2.05) is 0 Å². The molecule has 2 amide bonds. The summed E-state index contributed by atoms with van der Waals surface area (Å²) in [6, 6.07) is 1.80. The van der Waals surface area contributed by atoms with Crippen LogP contribution >= 0.6 is 0 Å². The van der Waals surface area contributed by atoms with Crippen LogP contribution in [0.4, 0.5) is 0 Å². The summed E-state index contributed by atoms with van der Waals surface area (Å²) < 4.78 is 0. The van der Waals surface area contributed by atoms with E-state index < -0.39 is 30.2 Å². The molecular weight excluding hydrogens is 238 g/mol. The maximum absolute atomic E-state index is 11.7. The van der Waals surface area contributed by atoms with E-state index in [0.29, 0.717) is 0 Å². The summed E-state index contributed by atoms with van der Waals surface area (Å²) in [7, 11) is 0. The third-order valence-electron chi connectivity index (χ3n) is 2.18. The Labute approximate surface area is 103 Å². The first kappa shape index (κ1) is 13.6. The molecule has 1 atom stereocenters. The molecule has 0 aliphatic heterocycles. The van der Waals surface area contributed by atoms with Crippen LogP contribution in [0.1, 0.15) is 22.5 Å². The number of primary amides is 1. The van der Waals surface area contributed by atoms with Crippen molar-refractivity contribution < 1.29 is 19.5 Å². The van der Waals surface area contributed by atoms with Crippen LogP contribution in [0.15, 0.2) is 18.3 Å². The summed E-state index contributed by atoms with van der Waals surface area (Å²) in [6.07, 6.45) is 0.869. The smallest absolute Gasteiger partial charge is 0.326 e. The van der Waals surface area contributed by atoms with Crippen molar-refractivity contribution in [3.8, 4) is 0 Å². The minimum absolute atomic E-state index is 0.219. The molecule has 4 N–H and O–H groups in total. The highest BCUT2D eigenvalue weighted by molar-refractivity contribution is 5.97. The standard InChI is InChI=1S/C11H13N3O4/c1-6-2-3-7(5-13-6)10(16)14-8(11(17)18)4-9(12)15/h2-3,5,8H,4H2,1H3,(H2,12,15)(H,14,16)(H,17,18)/t8-/m0/s1. The molecule has 0 fully saturated rings. The van der Waals surface area contributed by atoms with Crippen molar-refractivity contribution in [1.29, 1.82) is 0 Å². The predicted octanol–water partition coefficient (Wildman–Crippen LogP) is -0.552. The van der Waals surface area contributed by atoms with E-state index in [2.05, 4.69) is 10.3 Å². The molecule has 0 saturated carbocycles. The van der Waals surface area contributed by atoms with E-state index in [-0.39, 0.29) is 5.56 Å². The summed E-state index contributed by atoms with van der Waals surface area (Å²) in [5.74, 6) is -2.73. The van der Waals surface area contributed by atoms with Crippen LogP contribution in [0.25, 0.3) is 0 Å². The molecule has 0 bridgehead atoms. The lowest BCUT2D eigenvalue weighted by molar-refractivity contribution is -0.140. The molecule has 1 heterocycles. The molecule has 1 rings (SSSR count). The second-order valence-corrected chi connectivity index (χ2v) is 3.72. The summed E-state index contributed by atoms with van der Waals surface area (Å²) in [6.45, 7) is 1.76. The van der Waals surface area contributed by atoms with E-state index in [0.717, 1.165) is 5.69 Å². The number of aliphatic carboxylic acids is 1. The Balaban J connectivity index is 2.75. The Hall–Kier alpha value is -2.44. The van der Waals surface area contributed by atoms with Gasteiger partial charge in [-0.15, -0.1) is 0 Å². The maximum atomic E-state index is 11.7. The third kappa shape index (κ3) is 3.85. The molecule has 1 aromatic heterocycles. The van der Waals surface area contributed by atoms with Gasteiger partial charge in [0.25, 0.3) is 5.91 Å². The van der Waals surface area contributed by atoms with Gasteiger partial charge < -0.3 is 16.2 Å². The highest BCUT2D eigenvalue weighted by atomic mass is 16.4. The Bertz CT molecular complexity index is 470. The number of carbonyl (C=O) groups is 3. The van der Waals surface area contributed by atoms with E-state index in [1.165, 1.54) is 12.3 Å². The van der Waals surface area contributed by atoms with Crippen molar-refractivity contribution in [2.75, 3.05) is 0 Å². The second-order valence-electron chi connectivity index (χ2n) is 3.72. The number of carbonyl (C=O) groups excluding carboxylic acids is 2. The number of aromatic nitrogens is 1. The lowest BCUT2D eigenvalue weighted by Gasteiger charge is -2.12. The second kappa shape index (κ2) is 5.76. The Morgan fingerprint density at radius 2 is 2.11 bits per heavy atom. The fourth-order valence-electron chi connectivity index (χ4n) is 1.24. The average molecular weight is 251 g/mol. The molecule has 96 valence electrons. The summed E-state index contributed by atoms with van der Waals surface area (Å²) in [5, 5.41) is 11.0. The van der Waals surface area contributed by atoms with Gasteiger partial charge in [0.05, 0.1) is 12.0 Å². The largest absolute Gasteiger partial charge is 0.480 e. The summed E-state index contributed by atoms with van der Waals surface area (Å²) >= 11 is 0. The number of pyridine rings is 1. The average Bonchev–Trinajstić information content (AvgIpc) is 2.28. The zero-order chi connectivity index (χ0) is 13.7. The fourth-order valence-corrected chi connectivity index (χ4v) is 1.24. The van der Waals surface area contributed by atoms with Crippen LogP contribution in [0.3, 0.4) is 0 Å². The van der Waals surface area contributed by atoms with Crippen molar-refractivity contribution in [2.24, 2.45) is 5.73 Å². The Morgan fingerprint density at radius 3 is 2.56 bits per heavy atom. The number of nitrogens with zero attached hydrogens (tertiary/aromatic N) is 1. The number of aryl methyl sites for hydroxylation is 1. The van der Waals surface area contributed by atoms with Gasteiger partial charge in [0.2, 0.25) is 5.91 Å². The number of nitrogens with two attached hydrogens (primary N) is 1. The number of nitrogens with one attached hydrogen (secondary N) is 1. The van der Waals surface area contributed by atoms with Crippen LogP contribution in [0.2, 0.25) is 0 Å². The van der Waals surface area contributed by atoms with Gasteiger partial charge in [-0.2, -0.15) is 0 Å². The Morgan fingerprint density at radius 1 is 1.44 bits per heavy atom. The van der Waals surface area contributed by atoms with Gasteiger partial charge in [0, 0.05) is 11.9 Å². The number of carboxylic acid groups (broad SMARTS) is 1. The SMILES string of the molecule is Cc1ccc(C(=O)N[C@@H](CC(N)=O)C(=O)O)cn1. The normalized spacial score (nSPS) is 11.6. The van der Waals surface area contributed by atoms with Gasteiger partial charge in [-0.05, 0) is 19.1 Å². The van der Waals surface area contributed by atoms with Gasteiger partial charge in [-0.3, -0.25) is 14.6 Å². The van der Waals surface area contributed by atoms with E-state index in [4.69, 9.17) is 10.8 Å². The van der Waals surface area contributed by atoms with Crippen molar-refractivity contribution in [3.63, 3.8) is 0 Å². The minimum atomic E-state index is -1.34. The number of hydrogen-bond acceptors (Lipinski definition) is 4. The number of hydrogen-bond donors (Lipinski definition) is 3. The first-order chi connectivity index (χ1) is 8.40. The van der Waals surface area contributed by atoms with Gasteiger partial charge >= 0.3 is 5.97 Å². The number of amides is 2. The molecule has 0 aliphatic carbocycles. The fraction of sp³-hybridized carbons (Fsp3) is 0.273. The molecule has 0 unspecified atom stereocenters. The first-order valence-electron chi connectivity index (χ1n) is 5.14. The topological polar surface area (TPSA) is 122 Å². The molecule has 0 radical (unpaired) electrons. The van der Waals surface area contributed by atoms with Crippen molar-refractivity contribution in [1.82, 2.24) is 10.3 Å². The molecular formula is C11H13N3O4. The van der Waals surface area contributed by atoms with Gasteiger partial charge in [-0.25, -0.2) is 4.79 Å². The summed E-state index contributed by atoms with van der Waals surface area (Å²) in [4.78, 5) is 37.1. The van der Waals surface area contributed by atoms with Crippen LogP contribution in [-0.4, -0.2) is 33.9 Å². The quantitative estimate of drug-likeness (QED) is 0.648. The third-order valence-corrected chi connectivity index (χ3v) is 2.18. The number of carboxylic acids is 1. The molecule has 7 nitrogen and oxygen atoms in total. The van der Waals surface area contributed by atoms with Gasteiger partial charge in [0.1, 0.15) is 6.04 Å². The zero-order valence-corrected chi connectivity index (χ0v) is 9.71. The van der Waals surface area contributed by atoms with Crippen molar-refractivity contribution in [3.05, 3.63) is 29.6 Å². The molecule has 1 aromatic rings. The van der Waals surface area contributed by atoms with Crippen molar-refractivity contribution >= 4 is 17.8 Å². The van der Waals surface area contributed by atoms with Crippen LogP contribution < -0.4 is 11.1 Å². The molecule has 0 saturated heterocycles. The highest BCUT2D eigenvalue weighted by Crippen LogP contribution is 2.01. The first-order valence-corrected chi connectivity index (χ1v) is 5.14. The van der Waals surface area contributed by atoms with E-state index in [9.17, 15) is 14.4 Å². The number of rotatable bonds is 5. The lowest BCUT2D eigenvalue weighted by atomic mass is 10.1. The van der Waals surface area contributed by atoms with E-state index in [1.54, 1.807) is 13.0 Å². The van der Waals surface area contributed by atoms with Crippen LogP contribution in [0, 0.1) is 6.92 Å². The maximum Gasteiger partial charge on any atom is 0.326 e. The van der Waals surface area contributed by atoms with Crippen LogP contribution in [0.5, 0.6) is 0 Å². The molecule has 18 heavy (non-hydrogen) atoms. The van der Waals surface area contributed by atoms with Crippen LogP contribution in [-0.2, 0) is 9.59 Å². The monoisotopic (exact) mass is 251 g/mol. The zero-order valence-electron chi connectivity index (χ0n) is 9.71. The predicted molar refractivity (Wildman–Crippen MR) is 61.7 cm³/mol. The highest BCUT2D eigenvalue weighted by Gasteiger charge is 2.22. The van der Waals surface area contributed by atoms with Gasteiger partial charge in [-0.1, -0.05) is 0 Å². The minimum Gasteiger partial charge on any atom is -0.480 e. The lowest BCUT2D eigenvalue weighted by Crippen LogP contribution is -2.43. The van der Waals surface area contributed by atoms with Crippen molar-refractivity contribution in [2.45, 2.75) is 19.4 Å². The Kier molecular flexibility index (Phi) is 4.36. The molecule has 0 aliphatic rings. The van der Waals surface area contributed by atoms with E-state index >= 15 is 0 Å².